The number of hydrogen-bond donors (Lipinski definition) is 2. The molecule has 0 saturated heterocycles. The third-order valence-corrected chi connectivity index (χ3v) is 7.08. The second-order valence-corrected chi connectivity index (χ2v) is 10.6. The fourth-order valence-corrected chi connectivity index (χ4v) is 4.88. The normalized spacial score (nSPS) is 10.8. The zero-order chi connectivity index (χ0) is 26.9. The Balaban J connectivity index is 1.44. The average molecular weight is 572 g/mol. The Labute approximate surface area is 233 Å². The van der Waals surface area contributed by atoms with Crippen molar-refractivity contribution in [1.29, 1.82) is 0 Å². The molecular weight excluding hydrogens is 546 g/mol. The average Bonchev–Trinajstić information content (AvgIpc) is 3.51. The summed E-state index contributed by atoms with van der Waals surface area (Å²) in [6, 6.07) is 14.2. The van der Waals surface area contributed by atoms with Gasteiger partial charge in [-0.2, -0.15) is 0 Å². The zero-order valence-corrected chi connectivity index (χ0v) is 23.2. The van der Waals surface area contributed by atoms with Crippen LogP contribution in [-0.2, 0) is 11.3 Å². The van der Waals surface area contributed by atoms with E-state index in [-0.39, 0.29) is 24.1 Å². The number of amides is 2. The van der Waals surface area contributed by atoms with E-state index in [0.29, 0.717) is 39.0 Å². The van der Waals surface area contributed by atoms with E-state index in [2.05, 4.69) is 38.0 Å². The number of hydrogen-bond acceptors (Lipinski definition) is 9. The number of halogens is 1. The van der Waals surface area contributed by atoms with Crippen molar-refractivity contribution in [2.24, 2.45) is 0 Å². The highest BCUT2D eigenvalue weighted by molar-refractivity contribution is 7.99. The second-order valence-electron chi connectivity index (χ2n) is 8.09. The predicted molar refractivity (Wildman–Crippen MR) is 148 cm³/mol. The summed E-state index contributed by atoms with van der Waals surface area (Å²) in [5.74, 6) is 0.789. The fourth-order valence-electron chi connectivity index (χ4n) is 3.31. The highest BCUT2D eigenvalue weighted by Crippen LogP contribution is 2.25. The number of carbonyl (C=O) groups excluding carboxylic acids is 2. The summed E-state index contributed by atoms with van der Waals surface area (Å²) >= 11 is 8.73. The third kappa shape index (κ3) is 7.53. The lowest BCUT2D eigenvalue weighted by atomic mass is 10.2. The number of nitrogens with zero attached hydrogens (tertiary/aromatic N) is 5. The molecule has 10 nitrogen and oxygen atoms in total. The maximum absolute atomic E-state index is 12.8. The summed E-state index contributed by atoms with van der Waals surface area (Å²) in [6.45, 7) is 4.67. The van der Waals surface area contributed by atoms with Crippen molar-refractivity contribution in [1.82, 2.24) is 30.3 Å². The summed E-state index contributed by atoms with van der Waals surface area (Å²) in [7, 11) is 0. The highest BCUT2D eigenvalue weighted by atomic mass is 35.5. The molecule has 0 aliphatic rings. The lowest BCUT2D eigenvalue weighted by molar-refractivity contribution is -0.113. The first-order valence-electron chi connectivity index (χ1n) is 11.9. The van der Waals surface area contributed by atoms with Crippen LogP contribution in [0, 0.1) is 6.92 Å². The van der Waals surface area contributed by atoms with Crippen LogP contribution in [0.1, 0.15) is 41.0 Å². The monoisotopic (exact) mass is 571 g/mol. The first kappa shape index (κ1) is 27.6. The van der Waals surface area contributed by atoms with Gasteiger partial charge in [0.15, 0.2) is 11.0 Å². The standard InChI is InChI=1S/C25H26ClN7O3S2/c1-3-4-12-36-20-10-8-17(9-11-20)23(35)27-14-21-30-32-25(33(21)19-7-5-6-18(26)13-19)37-15-22(34)28-24-31-29-16(2)38-24/h5-11,13H,3-4,12,14-15H2,1-2H3,(H,27,35)(H,28,31,34). The van der Waals surface area contributed by atoms with Gasteiger partial charge in [0.05, 0.1) is 24.6 Å². The molecule has 0 spiro atoms. The topological polar surface area (TPSA) is 124 Å². The van der Waals surface area contributed by atoms with Crippen molar-refractivity contribution in [3.63, 3.8) is 0 Å². The van der Waals surface area contributed by atoms with Gasteiger partial charge in [0.25, 0.3) is 5.91 Å². The molecule has 2 aromatic heterocycles. The Bertz CT molecular complexity index is 1390. The number of carbonyl (C=O) groups is 2. The summed E-state index contributed by atoms with van der Waals surface area (Å²) < 4.78 is 7.43. The highest BCUT2D eigenvalue weighted by Gasteiger charge is 2.18. The smallest absolute Gasteiger partial charge is 0.251 e. The van der Waals surface area contributed by atoms with Gasteiger partial charge >= 0.3 is 0 Å². The molecule has 0 fully saturated rings. The summed E-state index contributed by atoms with van der Waals surface area (Å²) in [5, 5.41) is 24.2. The van der Waals surface area contributed by atoms with Crippen molar-refractivity contribution in [2.75, 3.05) is 17.7 Å². The van der Waals surface area contributed by atoms with Gasteiger partial charge in [-0.3, -0.25) is 19.5 Å². The Morgan fingerprint density at radius 1 is 1.11 bits per heavy atom. The number of rotatable bonds is 12. The number of unbranched alkanes of at least 4 members (excludes halogenated alkanes) is 1. The molecule has 2 heterocycles. The molecule has 38 heavy (non-hydrogen) atoms. The summed E-state index contributed by atoms with van der Waals surface area (Å²) in [6.07, 6.45) is 2.03. The van der Waals surface area contributed by atoms with Crippen LogP contribution in [0.5, 0.6) is 5.75 Å². The van der Waals surface area contributed by atoms with Crippen LogP contribution < -0.4 is 15.4 Å². The van der Waals surface area contributed by atoms with E-state index < -0.39 is 0 Å². The van der Waals surface area contributed by atoms with Gasteiger partial charge in [0.1, 0.15) is 10.8 Å². The molecule has 0 radical (unpaired) electrons. The van der Waals surface area contributed by atoms with E-state index in [1.807, 2.05) is 19.1 Å². The molecule has 0 unspecified atom stereocenters. The van der Waals surface area contributed by atoms with Crippen molar-refractivity contribution >= 4 is 51.6 Å². The Kier molecular flexibility index (Phi) is 9.68. The van der Waals surface area contributed by atoms with E-state index in [4.69, 9.17) is 16.3 Å². The summed E-state index contributed by atoms with van der Waals surface area (Å²) in [5.41, 5.74) is 1.21. The minimum Gasteiger partial charge on any atom is -0.494 e. The molecule has 0 atom stereocenters. The van der Waals surface area contributed by atoms with Crippen molar-refractivity contribution in [3.8, 4) is 11.4 Å². The molecule has 2 aromatic carbocycles. The SMILES string of the molecule is CCCCOc1ccc(C(=O)NCc2nnc(SCC(=O)Nc3nnc(C)s3)n2-c2cccc(Cl)c2)cc1. The minimum atomic E-state index is -0.258. The molecule has 0 saturated carbocycles. The molecule has 13 heteroatoms. The maximum Gasteiger partial charge on any atom is 0.251 e. The van der Waals surface area contributed by atoms with Crippen LogP contribution in [0.3, 0.4) is 0 Å². The van der Waals surface area contributed by atoms with E-state index in [1.54, 1.807) is 41.0 Å². The molecule has 0 aliphatic heterocycles. The second kappa shape index (κ2) is 13.4. The Hall–Kier alpha value is -3.48. The molecule has 2 amide bonds. The van der Waals surface area contributed by atoms with Gasteiger partial charge in [-0.25, -0.2) is 0 Å². The van der Waals surface area contributed by atoms with Crippen LogP contribution in [-0.4, -0.2) is 49.1 Å². The number of aromatic nitrogens is 5. The molecule has 4 rings (SSSR count). The maximum atomic E-state index is 12.8. The van der Waals surface area contributed by atoms with Gasteiger partial charge in [0, 0.05) is 10.6 Å². The predicted octanol–water partition coefficient (Wildman–Crippen LogP) is 4.92. The number of anilines is 1. The molecule has 4 aromatic rings. The van der Waals surface area contributed by atoms with Crippen LogP contribution in [0.25, 0.3) is 5.69 Å². The van der Waals surface area contributed by atoms with Gasteiger partial charge in [-0.05, 0) is 55.8 Å². The van der Waals surface area contributed by atoms with E-state index in [0.717, 1.165) is 23.6 Å². The van der Waals surface area contributed by atoms with Crippen LogP contribution >= 0.6 is 34.7 Å². The molecule has 198 valence electrons. The van der Waals surface area contributed by atoms with Crippen LogP contribution in [0.4, 0.5) is 5.13 Å². The molecule has 0 aliphatic carbocycles. The first-order chi connectivity index (χ1) is 18.4. The summed E-state index contributed by atoms with van der Waals surface area (Å²) in [4.78, 5) is 25.2. The quantitative estimate of drug-likeness (QED) is 0.181. The fraction of sp³-hybridized carbons (Fsp3) is 0.280. The Morgan fingerprint density at radius 3 is 2.63 bits per heavy atom. The number of nitrogens with one attached hydrogen (secondary N) is 2. The van der Waals surface area contributed by atoms with Gasteiger partial charge in [-0.1, -0.05) is 54.1 Å². The number of thioether (sulfide) groups is 1. The van der Waals surface area contributed by atoms with Crippen LogP contribution in [0.2, 0.25) is 5.02 Å². The molecule has 2 N–H and O–H groups in total. The van der Waals surface area contributed by atoms with Crippen molar-refractivity contribution in [2.45, 2.75) is 38.4 Å². The van der Waals surface area contributed by atoms with Gasteiger partial charge in [-0.15, -0.1) is 20.4 Å². The van der Waals surface area contributed by atoms with Crippen molar-refractivity contribution < 1.29 is 14.3 Å². The van der Waals surface area contributed by atoms with E-state index in [1.165, 1.54) is 23.1 Å². The largest absolute Gasteiger partial charge is 0.494 e. The van der Waals surface area contributed by atoms with E-state index >= 15 is 0 Å². The van der Waals surface area contributed by atoms with Gasteiger partial charge in [0.2, 0.25) is 11.0 Å². The number of aryl methyl sites for hydroxylation is 1. The Morgan fingerprint density at radius 2 is 1.92 bits per heavy atom. The zero-order valence-electron chi connectivity index (χ0n) is 20.8. The van der Waals surface area contributed by atoms with Crippen molar-refractivity contribution in [3.05, 3.63) is 69.9 Å². The number of benzene rings is 2. The lowest BCUT2D eigenvalue weighted by Gasteiger charge is -2.11. The van der Waals surface area contributed by atoms with Gasteiger partial charge < -0.3 is 10.1 Å². The molecular formula is C25H26ClN7O3S2. The first-order valence-corrected chi connectivity index (χ1v) is 14.0. The third-order valence-electron chi connectivity index (χ3n) is 5.16. The number of ether oxygens (including phenoxy) is 1. The molecule has 0 bridgehead atoms. The van der Waals surface area contributed by atoms with E-state index in [9.17, 15) is 9.59 Å². The minimum absolute atomic E-state index is 0.0797. The lowest BCUT2D eigenvalue weighted by Crippen LogP contribution is -2.24. The van der Waals surface area contributed by atoms with Crippen LogP contribution in [0.15, 0.2) is 53.7 Å².